The fourth-order valence-electron chi connectivity index (χ4n) is 2.56. The van der Waals surface area contributed by atoms with Crippen LogP contribution in [0.15, 0.2) is 59.7 Å². The van der Waals surface area contributed by atoms with Crippen molar-refractivity contribution in [1.82, 2.24) is 9.55 Å². The summed E-state index contributed by atoms with van der Waals surface area (Å²) in [7, 11) is 0. The van der Waals surface area contributed by atoms with Gasteiger partial charge in [-0.1, -0.05) is 30.3 Å². The van der Waals surface area contributed by atoms with E-state index in [1.807, 2.05) is 24.3 Å². The highest BCUT2D eigenvalue weighted by Gasteiger charge is 2.11. The lowest BCUT2D eigenvalue weighted by molar-refractivity contribution is 0.622. The molecule has 0 unspecified atom stereocenters. The molecule has 0 atom stereocenters. The Morgan fingerprint density at radius 1 is 1.14 bits per heavy atom. The Morgan fingerprint density at radius 3 is 2.86 bits per heavy atom. The van der Waals surface area contributed by atoms with E-state index in [1.54, 1.807) is 12.1 Å². The van der Waals surface area contributed by atoms with E-state index in [-0.39, 0.29) is 11.4 Å². The predicted octanol–water partition coefficient (Wildman–Crippen LogP) is 3.80. The van der Waals surface area contributed by atoms with Gasteiger partial charge < -0.3 is 0 Å². The minimum atomic E-state index is -0.304. The molecule has 0 amide bonds. The number of benzene rings is 2. The van der Waals surface area contributed by atoms with E-state index < -0.39 is 0 Å². The summed E-state index contributed by atoms with van der Waals surface area (Å²) >= 11 is 1.45. The van der Waals surface area contributed by atoms with E-state index in [2.05, 4.69) is 4.98 Å². The SMILES string of the molecule is O=c1c2sc3ccccc3c2ncn1Cc1cccc(F)c1. The van der Waals surface area contributed by atoms with Crippen molar-refractivity contribution in [2.24, 2.45) is 0 Å². The minimum absolute atomic E-state index is 0.0875. The maximum atomic E-state index is 13.3. The third-order valence-corrected chi connectivity index (χ3v) is 4.74. The highest BCUT2D eigenvalue weighted by Crippen LogP contribution is 2.29. The Morgan fingerprint density at radius 2 is 2.00 bits per heavy atom. The molecule has 22 heavy (non-hydrogen) atoms. The van der Waals surface area contributed by atoms with Crippen molar-refractivity contribution < 1.29 is 4.39 Å². The summed E-state index contributed by atoms with van der Waals surface area (Å²) in [6.45, 7) is 0.313. The van der Waals surface area contributed by atoms with Crippen molar-refractivity contribution in [3.8, 4) is 0 Å². The molecule has 5 heteroatoms. The molecule has 0 N–H and O–H groups in total. The summed E-state index contributed by atoms with van der Waals surface area (Å²) in [5, 5.41) is 0.998. The molecule has 0 saturated carbocycles. The van der Waals surface area contributed by atoms with Gasteiger partial charge in [-0.25, -0.2) is 9.37 Å². The zero-order chi connectivity index (χ0) is 15.1. The lowest BCUT2D eigenvalue weighted by Gasteiger charge is -2.05. The molecule has 4 aromatic rings. The average Bonchev–Trinajstić information content (AvgIpc) is 2.90. The predicted molar refractivity (Wildman–Crippen MR) is 86.9 cm³/mol. The lowest BCUT2D eigenvalue weighted by Crippen LogP contribution is -2.20. The van der Waals surface area contributed by atoms with Gasteiger partial charge in [-0.2, -0.15) is 0 Å². The number of thiophene rings is 1. The molecular weight excluding hydrogens is 299 g/mol. The summed E-state index contributed by atoms with van der Waals surface area (Å²) < 4.78 is 16.5. The number of nitrogens with zero attached hydrogens (tertiary/aromatic N) is 2. The Labute approximate surface area is 129 Å². The van der Waals surface area contributed by atoms with Crippen molar-refractivity contribution in [2.75, 3.05) is 0 Å². The Balaban J connectivity index is 1.87. The van der Waals surface area contributed by atoms with Gasteiger partial charge in [-0.05, 0) is 23.8 Å². The van der Waals surface area contributed by atoms with Crippen LogP contribution >= 0.6 is 11.3 Å². The van der Waals surface area contributed by atoms with Crippen molar-refractivity contribution in [2.45, 2.75) is 6.54 Å². The van der Waals surface area contributed by atoms with E-state index in [1.165, 1.54) is 34.4 Å². The first-order valence-electron chi connectivity index (χ1n) is 6.83. The largest absolute Gasteiger partial charge is 0.294 e. The number of aromatic nitrogens is 2. The Hall–Kier alpha value is -2.53. The molecular formula is C17H11FN2OS. The number of halogens is 1. The quantitative estimate of drug-likeness (QED) is 0.564. The minimum Gasteiger partial charge on any atom is -0.294 e. The molecule has 108 valence electrons. The van der Waals surface area contributed by atoms with Crippen LogP contribution in [0.1, 0.15) is 5.56 Å². The Bertz CT molecular complexity index is 1050. The highest BCUT2D eigenvalue weighted by molar-refractivity contribution is 7.25. The summed E-state index contributed by atoms with van der Waals surface area (Å²) in [6.07, 6.45) is 1.54. The van der Waals surface area contributed by atoms with Crippen molar-refractivity contribution in [1.29, 1.82) is 0 Å². The molecule has 0 saturated heterocycles. The molecule has 2 aromatic heterocycles. The second kappa shape index (κ2) is 5.03. The van der Waals surface area contributed by atoms with E-state index in [9.17, 15) is 9.18 Å². The van der Waals surface area contributed by atoms with Gasteiger partial charge in [0.1, 0.15) is 10.5 Å². The second-order valence-corrected chi connectivity index (χ2v) is 6.14. The molecule has 0 bridgehead atoms. The highest BCUT2D eigenvalue weighted by atomic mass is 32.1. The van der Waals surface area contributed by atoms with Crippen LogP contribution < -0.4 is 5.56 Å². The van der Waals surface area contributed by atoms with Gasteiger partial charge in [0.15, 0.2) is 0 Å². The molecule has 2 heterocycles. The normalized spacial score (nSPS) is 11.3. The van der Waals surface area contributed by atoms with Gasteiger partial charge in [0.2, 0.25) is 0 Å². The van der Waals surface area contributed by atoms with Gasteiger partial charge in [-0.15, -0.1) is 11.3 Å². The topological polar surface area (TPSA) is 34.9 Å². The fraction of sp³-hybridized carbons (Fsp3) is 0.0588. The van der Waals surface area contributed by atoms with Gasteiger partial charge in [0.05, 0.1) is 18.4 Å². The molecule has 2 aromatic carbocycles. The van der Waals surface area contributed by atoms with E-state index in [0.29, 0.717) is 11.2 Å². The zero-order valence-corrected chi connectivity index (χ0v) is 12.3. The van der Waals surface area contributed by atoms with Crippen molar-refractivity contribution >= 4 is 31.6 Å². The van der Waals surface area contributed by atoms with Crippen LogP contribution in [-0.2, 0) is 6.54 Å². The summed E-state index contributed by atoms with van der Waals surface area (Å²) in [5.74, 6) is -0.304. The average molecular weight is 310 g/mol. The van der Waals surface area contributed by atoms with Crippen LogP contribution in [0.4, 0.5) is 4.39 Å². The number of hydrogen-bond acceptors (Lipinski definition) is 3. The summed E-state index contributed by atoms with van der Waals surface area (Å²) in [6, 6.07) is 14.1. The maximum Gasteiger partial charge on any atom is 0.271 e. The van der Waals surface area contributed by atoms with Gasteiger partial charge in [0.25, 0.3) is 5.56 Å². The van der Waals surface area contributed by atoms with Crippen molar-refractivity contribution in [3.63, 3.8) is 0 Å². The monoisotopic (exact) mass is 310 g/mol. The number of fused-ring (bicyclic) bond motifs is 3. The van der Waals surface area contributed by atoms with Crippen LogP contribution in [0.2, 0.25) is 0 Å². The summed E-state index contributed by atoms with van der Waals surface area (Å²) in [4.78, 5) is 17.1. The molecule has 3 nitrogen and oxygen atoms in total. The first kappa shape index (κ1) is 13.2. The lowest BCUT2D eigenvalue weighted by atomic mass is 10.2. The Kier molecular flexibility index (Phi) is 3.01. The third kappa shape index (κ3) is 2.10. The maximum absolute atomic E-state index is 13.3. The van der Waals surface area contributed by atoms with E-state index >= 15 is 0 Å². The molecule has 4 rings (SSSR count). The molecule has 0 aliphatic heterocycles. The molecule has 0 aliphatic carbocycles. The van der Waals surface area contributed by atoms with Crippen LogP contribution in [-0.4, -0.2) is 9.55 Å². The van der Waals surface area contributed by atoms with Gasteiger partial charge in [0, 0.05) is 10.1 Å². The molecule has 0 radical (unpaired) electrons. The van der Waals surface area contributed by atoms with Crippen LogP contribution in [0.25, 0.3) is 20.3 Å². The van der Waals surface area contributed by atoms with E-state index in [0.717, 1.165) is 21.2 Å². The smallest absolute Gasteiger partial charge is 0.271 e. The number of rotatable bonds is 2. The van der Waals surface area contributed by atoms with Crippen molar-refractivity contribution in [3.05, 3.63) is 76.6 Å². The standard InChI is InChI=1S/C17H11FN2OS/c18-12-5-3-4-11(8-12)9-20-10-19-15-13-6-1-2-7-14(13)22-16(15)17(20)21/h1-8,10H,9H2. The third-order valence-electron chi connectivity index (χ3n) is 3.59. The van der Waals surface area contributed by atoms with Crippen LogP contribution in [0.3, 0.4) is 0 Å². The fourth-order valence-corrected chi connectivity index (χ4v) is 3.67. The first-order valence-corrected chi connectivity index (χ1v) is 7.65. The van der Waals surface area contributed by atoms with Crippen LogP contribution in [0.5, 0.6) is 0 Å². The molecule has 0 spiro atoms. The van der Waals surface area contributed by atoms with Gasteiger partial charge in [-0.3, -0.25) is 9.36 Å². The second-order valence-electron chi connectivity index (χ2n) is 5.08. The molecule has 0 fully saturated rings. The first-order chi connectivity index (χ1) is 10.7. The van der Waals surface area contributed by atoms with Crippen LogP contribution in [0, 0.1) is 5.82 Å². The molecule has 0 aliphatic rings. The van der Waals surface area contributed by atoms with Gasteiger partial charge >= 0.3 is 0 Å². The van der Waals surface area contributed by atoms with E-state index in [4.69, 9.17) is 0 Å². The zero-order valence-electron chi connectivity index (χ0n) is 11.5. The number of hydrogen-bond donors (Lipinski definition) is 0. The summed E-state index contributed by atoms with van der Waals surface area (Å²) in [5.41, 5.74) is 1.39.